The zero-order valence-corrected chi connectivity index (χ0v) is 12.2. The number of amides is 1. The summed E-state index contributed by atoms with van der Waals surface area (Å²) >= 11 is 11.9. The van der Waals surface area contributed by atoms with Crippen molar-refractivity contribution in [3.05, 3.63) is 64.1 Å². The summed E-state index contributed by atoms with van der Waals surface area (Å²) in [5.74, 6) is -0.00655. The molecule has 0 saturated heterocycles. The lowest BCUT2D eigenvalue weighted by Crippen LogP contribution is -2.27. The summed E-state index contributed by atoms with van der Waals surface area (Å²) in [4.78, 5) is 12.5. The maximum Gasteiger partial charge on any atom is 0.235 e. The number of rotatable bonds is 3. The lowest BCUT2D eigenvalue weighted by molar-refractivity contribution is -0.118. The van der Waals surface area contributed by atoms with E-state index in [0.29, 0.717) is 15.7 Å². The zero-order chi connectivity index (χ0) is 14.2. The maximum absolute atomic E-state index is 12.5. The highest BCUT2D eigenvalue weighted by Crippen LogP contribution is 2.49. The van der Waals surface area contributed by atoms with Crippen LogP contribution in [0.2, 0.25) is 10.0 Å². The quantitative estimate of drug-likeness (QED) is 0.877. The van der Waals surface area contributed by atoms with Crippen molar-refractivity contribution < 1.29 is 4.79 Å². The fourth-order valence-electron chi connectivity index (χ4n) is 2.36. The van der Waals surface area contributed by atoms with E-state index in [9.17, 15) is 4.79 Å². The van der Waals surface area contributed by atoms with Crippen LogP contribution in [0.1, 0.15) is 18.4 Å². The van der Waals surface area contributed by atoms with Gasteiger partial charge in [-0.3, -0.25) is 4.79 Å². The van der Waals surface area contributed by atoms with Gasteiger partial charge in [0.15, 0.2) is 0 Å². The molecule has 2 nitrogen and oxygen atoms in total. The predicted molar refractivity (Wildman–Crippen MR) is 82.4 cm³/mol. The first kappa shape index (κ1) is 13.5. The van der Waals surface area contributed by atoms with Crippen LogP contribution in [-0.2, 0) is 10.2 Å². The van der Waals surface area contributed by atoms with Gasteiger partial charge in [-0.05, 0) is 36.6 Å². The van der Waals surface area contributed by atoms with Crippen LogP contribution in [0.3, 0.4) is 0 Å². The summed E-state index contributed by atoms with van der Waals surface area (Å²) in [5.41, 5.74) is 1.26. The second-order valence-corrected chi connectivity index (χ2v) is 5.87. The smallest absolute Gasteiger partial charge is 0.235 e. The van der Waals surface area contributed by atoms with E-state index in [0.717, 1.165) is 18.4 Å². The Bertz CT molecular complexity index is 651. The number of hydrogen-bond donors (Lipinski definition) is 1. The van der Waals surface area contributed by atoms with Crippen molar-refractivity contribution in [1.82, 2.24) is 0 Å². The number of nitrogens with one attached hydrogen (secondary N) is 1. The van der Waals surface area contributed by atoms with Crippen LogP contribution < -0.4 is 5.32 Å². The summed E-state index contributed by atoms with van der Waals surface area (Å²) in [6.45, 7) is 0. The molecule has 1 N–H and O–H groups in total. The summed E-state index contributed by atoms with van der Waals surface area (Å²) in [6, 6.07) is 14.9. The van der Waals surface area contributed by atoms with Crippen molar-refractivity contribution in [1.29, 1.82) is 0 Å². The molecule has 3 rings (SSSR count). The molecule has 102 valence electrons. The van der Waals surface area contributed by atoms with Crippen molar-refractivity contribution in [2.24, 2.45) is 0 Å². The molecule has 0 bridgehead atoms. The van der Waals surface area contributed by atoms with Crippen molar-refractivity contribution in [3.63, 3.8) is 0 Å². The van der Waals surface area contributed by atoms with Gasteiger partial charge in [0.1, 0.15) is 0 Å². The third-order valence-electron chi connectivity index (χ3n) is 3.69. The molecule has 0 spiro atoms. The van der Waals surface area contributed by atoms with E-state index in [4.69, 9.17) is 23.2 Å². The van der Waals surface area contributed by atoms with Gasteiger partial charge in [-0.15, -0.1) is 0 Å². The van der Waals surface area contributed by atoms with Gasteiger partial charge in [-0.2, -0.15) is 0 Å². The Labute approximate surface area is 127 Å². The van der Waals surface area contributed by atoms with Crippen molar-refractivity contribution in [3.8, 4) is 0 Å². The Kier molecular flexibility index (Phi) is 3.45. The molecule has 1 aliphatic rings. The van der Waals surface area contributed by atoms with Crippen LogP contribution in [0, 0.1) is 0 Å². The fourth-order valence-corrected chi connectivity index (χ4v) is 2.82. The normalized spacial score (nSPS) is 15.7. The first-order valence-corrected chi connectivity index (χ1v) is 7.19. The van der Waals surface area contributed by atoms with Crippen LogP contribution in [0.4, 0.5) is 5.69 Å². The standard InChI is InChI=1S/C16H13Cl2NO/c17-12-6-7-14(13(18)10-12)19-15(20)16(8-9-16)11-4-2-1-3-5-11/h1-7,10H,8-9H2,(H,19,20). The monoisotopic (exact) mass is 305 g/mol. The van der Waals surface area contributed by atoms with Crippen LogP contribution in [0.15, 0.2) is 48.5 Å². The number of carbonyl (C=O) groups is 1. The van der Waals surface area contributed by atoms with Crippen molar-refractivity contribution in [2.45, 2.75) is 18.3 Å². The molecule has 20 heavy (non-hydrogen) atoms. The fraction of sp³-hybridized carbons (Fsp3) is 0.188. The average Bonchev–Trinajstić information content (AvgIpc) is 3.24. The van der Waals surface area contributed by atoms with E-state index in [1.807, 2.05) is 30.3 Å². The summed E-state index contributed by atoms with van der Waals surface area (Å²) in [6.07, 6.45) is 1.74. The number of hydrogen-bond acceptors (Lipinski definition) is 1. The number of benzene rings is 2. The lowest BCUT2D eigenvalue weighted by atomic mass is 9.95. The van der Waals surface area contributed by atoms with Crippen LogP contribution in [-0.4, -0.2) is 5.91 Å². The van der Waals surface area contributed by atoms with Gasteiger partial charge in [0.25, 0.3) is 0 Å². The molecule has 1 saturated carbocycles. The van der Waals surface area contributed by atoms with Gasteiger partial charge in [0.2, 0.25) is 5.91 Å². The van der Waals surface area contributed by atoms with E-state index in [-0.39, 0.29) is 5.91 Å². The van der Waals surface area contributed by atoms with E-state index < -0.39 is 5.41 Å². The minimum Gasteiger partial charge on any atom is -0.324 e. The highest BCUT2D eigenvalue weighted by atomic mass is 35.5. The van der Waals surface area contributed by atoms with Gasteiger partial charge in [-0.1, -0.05) is 53.5 Å². The molecule has 0 radical (unpaired) electrons. The van der Waals surface area contributed by atoms with Gasteiger partial charge >= 0.3 is 0 Å². The number of carbonyl (C=O) groups excluding carboxylic acids is 1. The Morgan fingerprint density at radius 1 is 1.05 bits per heavy atom. The van der Waals surface area contributed by atoms with Crippen LogP contribution in [0.25, 0.3) is 0 Å². The van der Waals surface area contributed by atoms with Crippen LogP contribution >= 0.6 is 23.2 Å². The highest BCUT2D eigenvalue weighted by molar-refractivity contribution is 6.36. The first-order chi connectivity index (χ1) is 9.62. The largest absolute Gasteiger partial charge is 0.324 e. The Balaban J connectivity index is 1.83. The number of halogens is 2. The SMILES string of the molecule is O=C(Nc1ccc(Cl)cc1Cl)C1(c2ccccc2)CC1. The van der Waals surface area contributed by atoms with Crippen molar-refractivity contribution >= 4 is 34.8 Å². The molecular weight excluding hydrogens is 293 g/mol. The molecule has 1 aliphatic carbocycles. The molecule has 2 aromatic carbocycles. The van der Waals surface area contributed by atoms with Gasteiger partial charge in [0, 0.05) is 5.02 Å². The van der Waals surface area contributed by atoms with Gasteiger partial charge in [-0.25, -0.2) is 0 Å². The second kappa shape index (κ2) is 5.12. The molecule has 2 aromatic rings. The second-order valence-electron chi connectivity index (χ2n) is 5.03. The topological polar surface area (TPSA) is 29.1 Å². The van der Waals surface area contributed by atoms with Gasteiger partial charge < -0.3 is 5.32 Å². The molecule has 1 fully saturated rings. The molecule has 4 heteroatoms. The van der Waals surface area contributed by atoms with Crippen LogP contribution in [0.5, 0.6) is 0 Å². The Morgan fingerprint density at radius 3 is 2.35 bits per heavy atom. The molecule has 0 unspecified atom stereocenters. The molecule has 0 heterocycles. The average molecular weight is 306 g/mol. The highest BCUT2D eigenvalue weighted by Gasteiger charge is 2.51. The molecule has 1 amide bonds. The zero-order valence-electron chi connectivity index (χ0n) is 10.7. The van der Waals surface area contributed by atoms with Crippen molar-refractivity contribution in [2.75, 3.05) is 5.32 Å². The maximum atomic E-state index is 12.5. The van der Waals surface area contributed by atoms with E-state index in [1.165, 1.54) is 0 Å². The number of anilines is 1. The minimum absolute atomic E-state index is 0.00655. The lowest BCUT2D eigenvalue weighted by Gasteiger charge is -2.16. The minimum atomic E-state index is -0.399. The van der Waals surface area contributed by atoms with Gasteiger partial charge in [0.05, 0.1) is 16.1 Å². The summed E-state index contributed by atoms with van der Waals surface area (Å²) in [7, 11) is 0. The van der Waals surface area contributed by atoms with E-state index in [1.54, 1.807) is 18.2 Å². The van der Waals surface area contributed by atoms with E-state index >= 15 is 0 Å². The molecular formula is C16H13Cl2NO. The van der Waals surface area contributed by atoms with E-state index in [2.05, 4.69) is 5.32 Å². The predicted octanol–water partition coefficient (Wildman–Crippen LogP) is 4.66. The molecule has 0 aromatic heterocycles. The third-order valence-corrected chi connectivity index (χ3v) is 4.24. The third kappa shape index (κ3) is 2.41. The Hall–Kier alpha value is -1.51. The molecule has 0 atom stereocenters. The molecule has 0 aliphatic heterocycles. The Morgan fingerprint density at radius 2 is 1.75 bits per heavy atom. The first-order valence-electron chi connectivity index (χ1n) is 6.44. The summed E-state index contributed by atoms with van der Waals surface area (Å²) < 4.78 is 0. The summed E-state index contributed by atoms with van der Waals surface area (Å²) in [5, 5.41) is 3.92.